The molecule has 1 heterocycles. The van der Waals surface area contributed by atoms with Crippen LogP contribution in [0.4, 0.5) is 0 Å². The second kappa shape index (κ2) is 7.43. The molecule has 9 heteroatoms. The first-order chi connectivity index (χ1) is 12.5. The molecule has 0 saturated carbocycles. The molecule has 1 aliphatic rings. The van der Waals surface area contributed by atoms with Crippen molar-refractivity contribution in [3.05, 3.63) is 53.6 Å². The summed E-state index contributed by atoms with van der Waals surface area (Å²) in [6.45, 7) is -0.256. The monoisotopic (exact) mass is 357 g/mol. The molecule has 3 rings (SSSR count). The highest BCUT2D eigenvalue weighted by atomic mass is 16.7. The lowest BCUT2D eigenvalue weighted by atomic mass is 10.2. The molecule has 9 nitrogen and oxygen atoms in total. The predicted octanol–water partition coefficient (Wildman–Crippen LogP) is 0.312. The Morgan fingerprint density at radius 1 is 0.962 bits per heavy atom. The van der Waals surface area contributed by atoms with Crippen LogP contribution in [0.15, 0.2) is 42.5 Å². The predicted molar refractivity (Wildman–Crippen MR) is 88.6 cm³/mol. The Morgan fingerprint density at radius 2 is 1.73 bits per heavy atom. The normalized spacial score (nSPS) is 11.5. The van der Waals surface area contributed by atoms with Crippen molar-refractivity contribution < 1.29 is 29.0 Å². The second-order valence-electron chi connectivity index (χ2n) is 5.27. The standard InChI is InChI=1S/C17H15N3O6/c21-12-4-2-1-3-11(12)17(24)20-19-15(22)8-18-16(23)10-5-6-13-14(7-10)26-9-25-13/h1-7,21H,8-9H2,(H,18,23)(H,19,22)(H,20,24). The van der Waals surface area contributed by atoms with Crippen molar-refractivity contribution in [1.29, 1.82) is 0 Å². The molecule has 0 bridgehead atoms. The van der Waals surface area contributed by atoms with Crippen molar-refractivity contribution in [2.45, 2.75) is 0 Å². The quantitative estimate of drug-likeness (QED) is 0.584. The number of para-hydroxylation sites is 1. The summed E-state index contributed by atoms with van der Waals surface area (Å²) in [5, 5.41) is 12.0. The SMILES string of the molecule is O=C(CNC(=O)c1ccc2c(c1)OCO2)NNC(=O)c1ccccc1O. The highest BCUT2D eigenvalue weighted by Crippen LogP contribution is 2.32. The zero-order chi connectivity index (χ0) is 18.5. The fourth-order valence-corrected chi connectivity index (χ4v) is 2.20. The molecule has 1 aliphatic heterocycles. The van der Waals surface area contributed by atoms with Gasteiger partial charge in [0.1, 0.15) is 5.75 Å². The Hall–Kier alpha value is -3.75. The van der Waals surface area contributed by atoms with Crippen molar-refractivity contribution in [1.82, 2.24) is 16.2 Å². The van der Waals surface area contributed by atoms with Crippen LogP contribution in [0.1, 0.15) is 20.7 Å². The zero-order valence-corrected chi connectivity index (χ0v) is 13.4. The number of carbonyl (C=O) groups excluding carboxylic acids is 3. The van der Waals surface area contributed by atoms with Crippen LogP contribution in [0.5, 0.6) is 17.2 Å². The molecule has 0 aromatic heterocycles. The summed E-state index contributed by atoms with van der Waals surface area (Å²) in [6, 6.07) is 10.5. The molecular weight excluding hydrogens is 342 g/mol. The van der Waals surface area contributed by atoms with Gasteiger partial charge in [0, 0.05) is 5.56 Å². The number of hydrogen-bond donors (Lipinski definition) is 4. The Labute approximate surface area is 147 Å². The molecule has 0 unspecified atom stereocenters. The smallest absolute Gasteiger partial charge is 0.273 e. The van der Waals surface area contributed by atoms with Crippen molar-refractivity contribution in [3.8, 4) is 17.2 Å². The van der Waals surface area contributed by atoms with Gasteiger partial charge >= 0.3 is 0 Å². The van der Waals surface area contributed by atoms with Gasteiger partial charge in [-0.2, -0.15) is 0 Å². The maximum atomic E-state index is 12.0. The molecule has 2 aromatic carbocycles. The first-order valence-corrected chi connectivity index (χ1v) is 7.59. The van der Waals surface area contributed by atoms with E-state index in [-0.39, 0.29) is 24.7 Å². The molecule has 26 heavy (non-hydrogen) atoms. The summed E-state index contributed by atoms with van der Waals surface area (Å²) in [5.41, 5.74) is 4.62. The molecule has 0 fully saturated rings. The number of ether oxygens (including phenoxy) is 2. The van der Waals surface area contributed by atoms with Gasteiger partial charge in [0.05, 0.1) is 12.1 Å². The van der Waals surface area contributed by atoms with Gasteiger partial charge in [-0.1, -0.05) is 12.1 Å². The summed E-state index contributed by atoms with van der Waals surface area (Å²) >= 11 is 0. The third kappa shape index (κ3) is 3.83. The number of aromatic hydroxyl groups is 1. The molecule has 0 aliphatic carbocycles. The topological polar surface area (TPSA) is 126 Å². The van der Waals surface area contributed by atoms with Crippen molar-refractivity contribution >= 4 is 17.7 Å². The zero-order valence-electron chi connectivity index (χ0n) is 13.4. The van der Waals surface area contributed by atoms with Crippen molar-refractivity contribution in [3.63, 3.8) is 0 Å². The van der Waals surface area contributed by atoms with Crippen LogP contribution in [-0.4, -0.2) is 36.2 Å². The minimum absolute atomic E-state index is 0.0113. The molecule has 4 N–H and O–H groups in total. The summed E-state index contributed by atoms with van der Waals surface area (Å²) in [4.78, 5) is 35.6. The Bertz CT molecular complexity index is 867. The third-order valence-electron chi connectivity index (χ3n) is 3.51. The van der Waals surface area contributed by atoms with E-state index in [0.29, 0.717) is 17.1 Å². The molecule has 0 spiro atoms. The number of phenolic OH excluding ortho intramolecular Hbond substituents is 1. The van der Waals surface area contributed by atoms with E-state index in [1.54, 1.807) is 24.3 Å². The lowest BCUT2D eigenvalue weighted by molar-refractivity contribution is -0.120. The lowest BCUT2D eigenvalue weighted by Gasteiger charge is -2.09. The highest BCUT2D eigenvalue weighted by Gasteiger charge is 2.17. The maximum Gasteiger partial charge on any atom is 0.273 e. The summed E-state index contributed by atoms with van der Waals surface area (Å²) in [7, 11) is 0. The number of rotatable bonds is 4. The van der Waals surface area contributed by atoms with E-state index in [4.69, 9.17) is 9.47 Å². The average molecular weight is 357 g/mol. The van der Waals surface area contributed by atoms with Crippen molar-refractivity contribution in [2.24, 2.45) is 0 Å². The van der Waals surface area contributed by atoms with Crippen LogP contribution < -0.4 is 25.6 Å². The van der Waals surface area contributed by atoms with Crippen LogP contribution in [0, 0.1) is 0 Å². The van der Waals surface area contributed by atoms with E-state index in [1.165, 1.54) is 18.2 Å². The molecule has 0 radical (unpaired) electrons. The number of nitrogens with one attached hydrogen (secondary N) is 3. The van der Waals surface area contributed by atoms with Gasteiger partial charge in [-0.05, 0) is 30.3 Å². The van der Waals surface area contributed by atoms with E-state index >= 15 is 0 Å². The first-order valence-electron chi connectivity index (χ1n) is 7.59. The van der Waals surface area contributed by atoms with Gasteiger partial charge < -0.3 is 19.9 Å². The van der Waals surface area contributed by atoms with Crippen LogP contribution in [0.3, 0.4) is 0 Å². The van der Waals surface area contributed by atoms with Gasteiger partial charge in [0.15, 0.2) is 11.5 Å². The second-order valence-corrected chi connectivity index (χ2v) is 5.27. The van der Waals surface area contributed by atoms with E-state index in [9.17, 15) is 19.5 Å². The van der Waals surface area contributed by atoms with Crippen molar-refractivity contribution in [2.75, 3.05) is 13.3 Å². The number of carbonyl (C=O) groups is 3. The van der Waals surface area contributed by atoms with E-state index in [1.807, 2.05) is 0 Å². The summed E-state index contributed by atoms with van der Waals surface area (Å²) in [5.74, 6) is -1.01. The number of benzene rings is 2. The highest BCUT2D eigenvalue weighted by molar-refractivity contribution is 5.99. The van der Waals surface area contributed by atoms with Crippen LogP contribution in [0.2, 0.25) is 0 Å². The number of phenols is 1. The number of amides is 3. The van der Waals surface area contributed by atoms with E-state index in [2.05, 4.69) is 16.2 Å². The number of hydrogen-bond acceptors (Lipinski definition) is 6. The minimum Gasteiger partial charge on any atom is -0.507 e. The third-order valence-corrected chi connectivity index (χ3v) is 3.51. The fourth-order valence-electron chi connectivity index (χ4n) is 2.20. The first kappa shape index (κ1) is 17.1. The molecule has 0 atom stereocenters. The molecule has 2 aromatic rings. The van der Waals surface area contributed by atoms with Crippen LogP contribution in [-0.2, 0) is 4.79 Å². The lowest BCUT2D eigenvalue weighted by Crippen LogP contribution is -2.46. The van der Waals surface area contributed by atoms with Gasteiger partial charge in [-0.3, -0.25) is 25.2 Å². The van der Waals surface area contributed by atoms with E-state index < -0.39 is 17.7 Å². The number of fused-ring (bicyclic) bond motifs is 1. The summed E-state index contributed by atoms with van der Waals surface area (Å²) < 4.78 is 10.3. The number of hydrazine groups is 1. The molecule has 0 saturated heterocycles. The Balaban J connectivity index is 1.47. The van der Waals surface area contributed by atoms with Gasteiger partial charge in [-0.15, -0.1) is 0 Å². The van der Waals surface area contributed by atoms with E-state index in [0.717, 1.165) is 0 Å². The Kier molecular flexibility index (Phi) is 4.88. The van der Waals surface area contributed by atoms with Gasteiger partial charge in [-0.25, -0.2) is 0 Å². The largest absolute Gasteiger partial charge is 0.507 e. The van der Waals surface area contributed by atoms with Gasteiger partial charge in [0.2, 0.25) is 6.79 Å². The minimum atomic E-state index is -0.682. The van der Waals surface area contributed by atoms with Crippen LogP contribution in [0.25, 0.3) is 0 Å². The molecule has 134 valence electrons. The fraction of sp³-hybridized carbons (Fsp3) is 0.118. The molecule has 3 amide bonds. The van der Waals surface area contributed by atoms with Gasteiger partial charge in [0.25, 0.3) is 17.7 Å². The Morgan fingerprint density at radius 3 is 2.54 bits per heavy atom. The summed E-state index contributed by atoms with van der Waals surface area (Å²) in [6.07, 6.45) is 0. The molecular formula is C17H15N3O6. The maximum absolute atomic E-state index is 12.0. The average Bonchev–Trinajstić information content (AvgIpc) is 3.12. The van der Waals surface area contributed by atoms with Crippen LogP contribution >= 0.6 is 0 Å².